The average molecular weight is 307 g/mol. The third kappa shape index (κ3) is 1.79. The molecule has 2 fully saturated rings. The minimum atomic E-state index is 0.593. The summed E-state index contributed by atoms with van der Waals surface area (Å²) in [6, 6.07) is 11.1. The normalized spacial score (nSPS) is 37.1. The molecule has 1 aromatic carbocycles. The van der Waals surface area contributed by atoms with E-state index >= 15 is 0 Å². The zero-order chi connectivity index (χ0) is 12.8. The van der Waals surface area contributed by atoms with Crippen LogP contribution in [-0.2, 0) is 5.32 Å². The Morgan fingerprint density at radius 1 is 1.17 bits per heavy atom. The molecule has 0 spiro atoms. The monoisotopic (exact) mass is 308 g/mol. The topological polar surface area (TPSA) is 0 Å². The van der Waals surface area contributed by atoms with Crippen LogP contribution in [0.1, 0.15) is 45.6 Å². The van der Waals surface area contributed by atoms with Crippen LogP contribution in [0.25, 0.3) is 0 Å². The molecule has 1 aromatic rings. The first-order valence-corrected chi connectivity index (χ1v) is 9.39. The van der Waals surface area contributed by atoms with Gasteiger partial charge in [-0.25, -0.2) is 0 Å². The third-order valence-electron chi connectivity index (χ3n) is 6.01. The minimum absolute atomic E-state index is 0.593. The first-order chi connectivity index (χ1) is 8.54. The van der Waals surface area contributed by atoms with E-state index in [1.54, 1.807) is 5.56 Å². The zero-order valence-corrected chi connectivity index (χ0v) is 13.5. The van der Waals surface area contributed by atoms with Crippen molar-refractivity contribution < 1.29 is 0 Å². The number of fused-ring (bicyclic) bond motifs is 2. The molecular formula is C17H24Se. The molecule has 98 valence electrons. The second kappa shape index (κ2) is 4.39. The average Bonchev–Trinajstić information content (AvgIpc) is 2.70. The Balaban J connectivity index is 1.69. The summed E-state index contributed by atoms with van der Waals surface area (Å²) in [7, 11) is 0. The Morgan fingerprint density at radius 3 is 2.44 bits per heavy atom. The summed E-state index contributed by atoms with van der Waals surface area (Å²) < 4.78 is 0. The molecule has 1 heteroatoms. The van der Waals surface area contributed by atoms with E-state index in [1.165, 1.54) is 24.6 Å². The van der Waals surface area contributed by atoms with Gasteiger partial charge in [-0.05, 0) is 0 Å². The first-order valence-electron chi connectivity index (χ1n) is 7.19. The van der Waals surface area contributed by atoms with Gasteiger partial charge in [0.1, 0.15) is 0 Å². The van der Waals surface area contributed by atoms with E-state index in [0.717, 1.165) is 25.7 Å². The van der Waals surface area contributed by atoms with Gasteiger partial charge in [0.05, 0.1) is 0 Å². The molecule has 0 aliphatic heterocycles. The fraction of sp³-hybridized carbons (Fsp3) is 0.647. The van der Waals surface area contributed by atoms with Crippen molar-refractivity contribution in [2.75, 3.05) is 0 Å². The van der Waals surface area contributed by atoms with Gasteiger partial charge in [-0.15, -0.1) is 0 Å². The van der Waals surface area contributed by atoms with E-state index in [4.69, 9.17) is 0 Å². The molecule has 2 saturated carbocycles. The van der Waals surface area contributed by atoms with Crippen LogP contribution in [0.5, 0.6) is 0 Å². The van der Waals surface area contributed by atoms with Gasteiger partial charge in [-0.2, -0.15) is 0 Å². The Hall–Kier alpha value is -0.261. The number of benzene rings is 1. The molecule has 0 aromatic heterocycles. The maximum atomic E-state index is 2.58. The standard InChI is InChI=1S/C17H24Se/c1-16(2)14-9-10-17(16,3)15(11-14)18-12-13-7-5-4-6-8-13/h4-8,14-15H,9-12H2,1-3H3/t14-,15-,17+/m1/s1. The Bertz CT molecular complexity index is 422. The maximum absolute atomic E-state index is 2.58. The number of rotatable bonds is 3. The molecular weight excluding hydrogens is 283 g/mol. The van der Waals surface area contributed by atoms with Crippen LogP contribution in [0.3, 0.4) is 0 Å². The van der Waals surface area contributed by atoms with Crippen LogP contribution < -0.4 is 0 Å². The molecule has 0 nitrogen and oxygen atoms in total. The number of hydrogen-bond acceptors (Lipinski definition) is 0. The molecule has 0 N–H and O–H groups in total. The Kier molecular flexibility index (Phi) is 3.11. The van der Waals surface area contributed by atoms with Crippen molar-refractivity contribution in [3.63, 3.8) is 0 Å². The van der Waals surface area contributed by atoms with Gasteiger partial charge < -0.3 is 0 Å². The van der Waals surface area contributed by atoms with Crippen LogP contribution in [0, 0.1) is 16.7 Å². The molecule has 0 amide bonds. The molecule has 2 bridgehead atoms. The Labute approximate surface area is 118 Å². The van der Waals surface area contributed by atoms with Gasteiger partial charge >= 0.3 is 118 Å². The molecule has 3 atom stereocenters. The van der Waals surface area contributed by atoms with E-state index in [2.05, 4.69) is 51.1 Å². The summed E-state index contributed by atoms with van der Waals surface area (Å²) in [6.07, 6.45) is 4.48. The van der Waals surface area contributed by atoms with Gasteiger partial charge in [0.2, 0.25) is 0 Å². The quantitative estimate of drug-likeness (QED) is 0.720. The van der Waals surface area contributed by atoms with E-state index in [-0.39, 0.29) is 0 Å². The van der Waals surface area contributed by atoms with Gasteiger partial charge in [-0.3, -0.25) is 0 Å². The predicted molar refractivity (Wildman–Crippen MR) is 78.9 cm³/mol. The molecule has 0 radical (unpaired) electrons. The van der Waals surface area contributed by atoms with Crippen molar-refractivity contribution in [2.45, 2.75) is 50.2 Å². The second-order valence-corrected chi connectivity index (χ2v) is 9.39. The number of hydrogen-bond donors (Lipinski definition) is 0. The summed E-state index contributed by atoms with van der Waals surface area (Å²) >= 11 is 0.780. The molecule has 0 saturated heterocycles. The second-order valence-electron chi connectivity index (χ2n) is 6.90. The van der Waals surface area contributed by atoms with Crippen LogP contribution in [0.2, 0.25) is 4.82 Å². The zero-order valence-electron chi connectivity index (χ0n) is 11.8. The van der Waals surface area contributed by atoms with Gasteiger partial charge in [0, 0.05) is 0 Å². The fourth-order valence-electron chi connectivity index (χ4n) is 4.15. The summed E-state index contributed by atoms with van der Waals surface area (Å²) in [5.74, 6) is 1.00. The van der Waals surface area contributed by atoms with E-state index in [1.807, 2.05) is 0 Å². The molecule has 3 rings (SSSR count). The van der Waals surface area contributed by atoms with Crippen molar-refractivity contribution in [3.05, 3.63) is 35.9 Å². The SMILES string of the molecule is CC1(C)[C@@H]2CC[C@@]1(C)[C@H]([Se]Cc1ccccc1)C2. The molecule has 0 unspecified atom stereocenters. The van der Waals surface area contributed by atoms with Crippen molar-refractivity contribution in [3.8, 4) is 0 Å². The van der Waals surface area contributed by atoms with E-state index in [0.29, 0.717) is 10.8 Å². The fourth-order valence-corrected chi connectivity index (χ4v) is 7.81. The molecule has 18 heavy (non-hydrogen) atoms. The molecule has 2 aliphatic rings. The van der Waals surface area contributed by atoms with Crippen LogP contribution in [-0.4, -0.2) is 15.0 Å². The Morgan fingerprint density at radius 2 is 1.89 bits per heavy atom. The van der Waals surface area contributed by atoms with Crippen molar-refractivity contribution in [2.24, 2.45) is 16.7 Å². The summed E-state index contributed by atoms with van der Waals surface area (Å²) in [5.41, 5.74) is 2.77. The van der Waals surface area contributed by atoms with Gasteiger partial charge in [0.25, 0.3) is 0 Å². The van der Waals surface area contributed by atoms with E-state index < -0.39 is 0 Å². The summed E-state index contributed by atoms with van der Waals surface area (Å²) in [5, 5.41) is 1.33. The van der Waals surface area contributed by atoms with Crippen molar-refractivity contribution in [1.29, 1.82) is 0 Å². The third-order valence-corrected chi connectivity index (χ3v) is 9.40. The van der Waals surface area contributed by atoms with Crippen LogP contribution >= 0.6 is 0 Å². The molecule has 2 aliphatic carbocycles. The van der Waals surface area contributed by atoms with Crippen molar-refractivity contribution >= 4 is 15.0 Å². The van der Waals surface area contributed by atoms with Crippen LogP contribution in [0.15, 0.2) is 30.3 Å². The predicted octanol–water partition coefficient (Wildman–Crippen LogP) is 4.53. The molecule has 0 heterocycles. The summed E-state index contributed by atoms with van der Waals surface area (Å²) in [6.45, 7) is 7.64. The first kappa shape index (κ1) is 12.8. The van der Waals surface area contributed by atoms with Crippen LogP contribution in [0.4, 0.5) is 0 Å². The van der Waals surface area contributed by atoms with Gasteiger partial charge in [0.15, 0.2) is 0 Å². The van der Waals surface area contributed by atoms with E-state index in [9.17, 15) is 0 Å². The summed E-state index contributed by atoms with van der Waals surface area (Å²) in [4.78, 5) is 1.01. The van der Waals surface area contributed by atoms with Crippen molar-refractivity contribution in [1.82, 2.24) is 0 Å². The van der Waals surface area contributed by atoms with Gasteiger partial charge in [-0.1, -0.05) is 0 Å².